The smallest absolute Gasteiger partial charge is 0.308 e. The molecule has 0 unspecified atom stereocenters. The van der Waals surface area contributed by atoms with Gasteiger partial charge in [-0.15, -0.1) is 0 Å². The molecule has 0 aromatic heterocycles. The van der Waals surface area contributed by atoms with E-state index in [-0.39, 0.29) is 18.0 Å². The Labute approximate surface area is 126 Å². The fraction of sp³-hybridized carbons (Fsp3) is 0.235. The van der Waals surface area contributed by atoms with Gasteiger partial charge < -0.3 is 4.90 Å². The highest BCUT2D eigenvalue weighted by atomic mass is 19.4. The Kier molecular flexibility index (Phi) is 3.64. The number of amides is 1. The number of carbonyl (C=O) groups is 1. The summed E-state index contributed by atoms with van der Waals surface area (Å²) in [6.07, 6.45) is -3.47. The summed E-state index contributed by atoms with van der Waals surface area (Å²) < 4.78 is 39.3. The number of hydrogen-bond donors (Lipinski definition) is 0. The summed E-state index contributed by atoms with van der Waals surface area (Å²) in [6.45, 7) is -0.0640. The monoisotopic (exact) mass is 305 g/mol. The van der Waals surface area contributed by atoms with Gasteiger partial charge in [0.25, 0.3) is 0 Å². The van der Waals surface area contributed by atoms with Gasteiger partial charge in [-0.2, -0.15) is 13.2 Å². The van der Waals surface area contributed by atoms with Crippen molar-refractivity contribution in [3.8, 4) is 0 Å². The SMILES string of the molecule is O=C1CCc2ccccc2N1Cc1ccccc1C(F)(F)F. The highest BCUT2D eigenvalue weighted by Gasteiger charge is 2.34. The molecule has 1 amide bonds. The molecule has 22 heavy (non-hydrogen) atoms. The van der Waals surface area contributed by atoms with E-state index in [9.17, 15) is 18.0 Å². The minimum Gasteiger partial charge on any atom is -0.308 e. The van der Waals surface area contributed by atoms with Gasteiger partial charge >= 0.3 is 6.18 Å². The van der Waals surface area contributed by atoms with Gasteiger partial charge in [-0.3, -0.25) is 4.79 Å². The average molecular weight is 305 g/mol. The van der Waals surface area contributed by atoms with E-state index in [0.29, 0.717) is 18.5 Å². The molecule has 0 N–H and O–H groups in total. The van der Waals surface area contributed by atoms with E-state index in [4.69, 9.17) is 0 Å². The molecule has 0 spiro atoms. The molecule has 0 atom stereocenters. The van der Waals surface area contributed by atoms with Crippen LogP contribution in [0.4, 0.5) is 18.9 Å². The van der Waals surface area contributed by atoms with Crippen molar-refractivity contribution in [2.24, 2.45) is 0 Å². The summed E-state index contributed by atoms with van der Waals surface area (Å²) in [5.41, 5.74) is 1.12. The van der Waals surface area contributed by atoms with Crippen molar-refractivity contribution in [2.45, 2.75) is 25.6 Å². The Hall–Kier alpha value is -2.30. The van der Waals surface area contributed by atoms with Gasteiger partial charge in [0.15, 0.2) is 0 Å². The normalized spacial score (nSPS) is 14.9. The van der Waals surface area contributed by atoms with Crippen molar-refractivity contribution in [3.63, 3.8) is 0 Å². The second-order valence-electron chi connectivity index (χ2n) is 5.26. The number of para-hydroxylation sites is 1. The molecule has 1 aliphatic heterocycles. The van der Waals surface area contributed by atoms with E-state index < -0.39 is 11.7 Å². The summed E-state index contributed by atoms with van der Waals surface area (Å²) in [5.74, 6) is -0.143. The highest BCUT2D eigenvalue weighted by Crippen LogP contribution is 2.34. The molecule has 0 radical (unpaired) electrons. The predicted octanol–water partition coefficient (Wildman–Crippen LogP) is 4.18. The summed E-state index contributed by atoms with van der Waals surface area (Å²) in [7, 11) is 0. The molecule has 2 nitrogen and oxygen atoms in total. The van der Waals surface area contributed by atoms with Gasteiger partial charge in [0.2, 0.25) is 5.91 Å². The Balaban J connectivity index is 1.99. The first kappa shape index (κ1) is 14.6. The van der Waals surface area contributed by atoms with E-state index in [1.165, 1.54) is 17.0 Å². The number of alkyl halides is 3. The molecule has 0 aliphatic carbocycles. The third-order valence-electron chi connectivity index (χ3n) is 3.84. The molecular weight excluding hydrogens is 291 g/mol. The van der Waals surface area contributed by atoms with Gasteiger partial charge in [-0.25, -0.2) is 0 Å². The third kappa shape index (κ3) is 2.71. The van der Waals surface area contributed by atoms with Gasteiger partial charge in [0.1, 0.15) is 0 Å². The number of fused-ring (bicyclic) bond motifs is 1. The highest BCUT2D eigenvalue weighted by molar-refractivity contribution is 5.96. The zero-order valence-electron chi connectivity index (χ0n) is 11.7. The summed E-state index contributed by atoms with van der Waals surface area (Å²) in [4.78, 5) is 13.6. The molecule has 0 bridgehead atoms. The zero-order valence-corrected chi connectivity index (χ0v) is 11.7. The van der Waals surface area contributed by atoms with Crippen molar-refractivity contribution in [1.82, 2.24) is 0 Å². The van der Waals surface area contributed by atoms with Gasteiger partial charge in [0, 0.05) is 12.1 Å². The lowest BCUT2D eigenvalue weighted by Crippen LogP contribution is -2.35. The molecular formula is C17H14F3NO. The summed E-state index contributed by atoms with van der Waals surface area (Å²) >= 11 is 0. The lowest BCUT2D eigenvalue weighted by atomic mass is 9.99. The van der Waals surface area contributed by atoms with Crippen LogP contribution in [0.1, 0.15) is 23.1 Å². The Bertz CT molecular complexity index is 709. The molecule has 5 heteroatoms. The van der Waals surface area contributed by atoms with Crippen LogP contribution in [0.15, 0.2) is 48.5 Å². The lowest BCUT2D eigenvalue weighted by molar-refractivity contribution is -0.138. The van der Waals surface area contributed by atoms with Crippen LogP contribution in [-0.4, -0.2) is 5.91 Å². The maximum Gasteiger partial charge on any atom is 0.416 e. The molecule has 0 saturated heterocycles. The topological polar surface area (TPSA) is 20.3 Å². The number of carbonyl (C=O) groups excluding carboxylic acids is 1. The van der Waals surface area contributed by atoms with E-state index >= 15 is 0 Å². The molecule has 0 fully saturated rings. The number of halogens is 3. The molecule has 1 aliphatic rings. The third-order valence-corrected chi connectivity index (χ3v) is 3.84. The summed E-state index contributed by atoms with van der Waals surface area (Å²) in [6, 6.07) is 12.7. The second-order valence-corrected chi connectivity index (χ2v) is 5.26. The van der Waals surface area contributed by atoms with Crippen LogP contribution in [-0.2, 0) is 23.9 Å². The Morgan fingerprint density at radius 2 is 1.64 bits per heavy atom. The van der Waals surface area contributed by atoms with Crippen LogP contribution in [0.5, 0.6) is 0 Å². The van der Waals surface area contributed by atoms with E-state index in [1.54, 1.807) is 18.2 Å². The number of benzene rings is 2. The maximum atomic E-state index is 13.1. The van der Waals surface area contributed by atoms with Gasteiger partial charge in [-0.05, 0) is 29.7 Å². The van der Waals surface area contributed by atoms with Crippen LogP contribution in [0.3, 0.4) is 0 Å². The predicted molar refractivity (Wildman–Crippen MR) is 77.4 cm³/mol. The number of aryl methyl sites for hydroxylation is 1. The number of nitrogens with zero attached hydrogens (tertiary/aromatic N) is 1. The number of anilines is 1. The number of rotatable bonds is 2. The zero-order chi connectivity index (χ0) is 15.7. The fourth-order valence-electron chi connectivity index (χ4n) is 2.77. The van der Waals surface area contributed by atoms with Crippen molar-refractivity contribution in [2.75, 3.05) is 4.90 Å². The molecule has 2 aromatic carbocycles. The maximum absolute atomic E-state index is 13.1. The van der Waals surface area contributed by atoms with Crippen molar-refractivity contribution >= 4 is 11.6 Å². The van der Waals surface area contributed by atoms with Gasteiger partial charge in [0.05, 0.1) is 12.1 Å². The minimum absolute atomic E-state index is 0.0640. The first-order valence-electron chi connectivity index (χ1n) is 7.00. The number of hydrogen-bond acceptors (Lipinski definition) is 1. The molecule has 0 saturated carbocycles. The van der Waals surface area contributed by atoms with Crippen LogP contribution in [0.25, 0.3) is 0 Å². The van der Waals surface area contributed by atoms with Crippen molar-refractivity contribution in [1.29, 1.82) is 0 Å². The molecule has 1 heterocycles. The standard InChI is InChI=1S/C17H14F3NO/c18-17(19,20)14-7-3-1-6-13(14)11-21-15-8-4-2-5-12(15)9-10-16(21)22/h1-8H,9-11H2. The Morgan fingerprint density at radius 3 is 2.41 bits per heavy atom. The van der Waals surface area contributed by atoms with Crippen LogP contribution in [0, 0.1) is 0 Å². The van der Waals surface area contributed by atoms with E-state index in [2.05, 4.69) is 0 Å². The van der Waals surface area contributed by atoms with Crippen LogP contribution in [0.2, 0.25) is 0 Å². The average Bonchev–Trinajstić information content (AvgIpc) is 2.50. The largest absolute Gasteiger partial charge is 0.416 e. The first-order chi connectivity index (χ1) is 10.5. The Morgan fingerprint density at radius 1 is 0.955 bits per heavy atom. The lowest BCUT2D eigenvalue weighted by Gasteiger charge is -2.30. The van der Waals surface area contributed by atoms with Crippen molar-refractivity contribution in [3.05, 3.63) is 65.2 Å². The van der Waals surface area contributed by atoms with Gasteiger partial charge in [-0.1, -0.05) is 36.4 Å². The molecule has 3 rings (SSSR count). The fourth-order valence-corrected chi connectivity index (χ4v) is 2.77. The van der Waals surface area contributed by atoms with Crippen LogP contribution < -0.4 is 4.90 Å². The van der Waals surface area contributed by atoms with E-state index in [1.807, 2.05) is 12.1 Å². The molecule has 2 aromatic rings. The van der Waals surface area contributed by atoms with E-state index in [0.717, 1.165) is 11.6 Å². The minimum atomic E-state index is -4.42. The quantitative estimate of drug-likeness (QED) is 0.815. The summed E-state index contributed by atoms with van der Waals surface area (Å²) in [5, 5.41) is 0. The second kappa shape index (κ2) is 5.48. The van der Waals surface area contributed by atoms with Crippen molar-refractivity contribution < 1.29 is 18.0 Å². The van der Waals surface area contributed by atoms with Crippen LogP contribution >= 0.6 is 0 Å². The molecule has 114 valence electrons. The first-order valence-corrected chi connectivity index (χ1v) is 7.00.